The van der Waals surface area contributed by atoms with Gasteiger partial charge >= 0.3 is 18.9 Å². The SMILES string of the molecule is COCCOCO[C-]=C(F)F.[Li+]. The maximum Gasteiger partial charge on any atom is 1.00 e. The van der Waals surface area contributed by atoms with Crippen molar-refractivity contribution in [3.8, 4) is 0 Å². The molecule has 3 nitrogen and oxygen atoms in total. The molecule has 0 aromatic heterocycles. The second-order valence-electron chi connectivity index (χ2n) is 1.53. The molecule has 12 heavy (non-hydrogen) atoms. The summed E-state index contributed by atoms with van der Waals surface area (Å²) in [4.78, 5) is 0. The Hall–Kier alpha value is -0.0826. The van der Waals surface area contributed by atoms with Crippen molar-refractivity contribution in [1.82, 2.24) is 0 Å². The molecule has 0 amide bonds. The van der Waals surface area contributed by atoms with Crippen LogP contribution in [0, 0.1) is 6.26 Å². The first kappa shape index (κ1) is 14.4. The van der Waals surface area contributed by atoms with Crippen LogP contribution in [-0.2, 0) is 14.2 Å². The molecule has 0 N–H and O–H groups in total. The minimum absolute atomic E-state index is 0. The molecular weight excluding hydrogens is 165 g/mol. The van der Waals surface area contributed by atoms with Gasteiger partial charge in [-0.1, -0.05) is 0 Å². The standard InChI is InChI=1S/C6H9F2O3.Li/c1-9-2-3-10-5-11-4-6(7)8;/h2-3,5H2,1H3;/q-1;+1. The molecule has 0 heterocycles. The summed E-state index contributed by atoms with van der Waals surface area (Å²) in [6, 6.07) is 0. The first-order valence-electron chi connectivity index (χ1n) is 2.90. The zero-order valence-corrected chi connectivity index (χ0v) is 7.10. The van der Waals surface area contributed by atoms with Crippen LogP contribution in [0.15, 0.2) is 6.08 Å². The zero-order valence-electron chi connectivity index (χ0n) is 7.10. The Kier molecular flexibility index (Phi) is 13.1. The maximum atomic E-state index is 11.2. The third kappa shape index (κ3) is 12.6. The number of ether oxygens (including phenoxy) is 3. The predicted octanol–water partition coefficient (Wildman–Crippen LogP) is -1.83. The second kappa shape index (κ2) is 10.9. The Morgan fingerprint density at radius 1 is 1.33 bits per heavy atom. The van der Waals surface area contributed by atoms with Gasteiger partial charge in [0.25, 0.3) is 0 Å². The molecule has 0 radical (unpaired) electrons. The number of hydrogen-bond acceptors (Lipinski definition) is 3. The van der Waals surface area contributed by atoms with Crippen LogP contribution in [0.3, 0.4) is 0 Å². The van der Waals surface area contributed by atoms with Crippen LogP contribution in [0.5, 0.6) is 0 Å². The summed E-state index contributed by atoms with van der Waals surface area (Å²) < 4.78 is 35.8. The van der Waals surface area contributed by atoms with E-state index in [0.29, 0.717) is 13.2 Å². The smallest absolute Gasteiger partial charge is 0.670 e. The molecule has 0 aliphatic carbocycles. The van der Waals surface area contributed by atoms with Crippen molar-refractivity contribution in [2.75, 3.05) is 27.1 Å². The van der Waals surface area contributed by atoms with Crippen LogP contribution < -0.4 is 18.9 Å². The molecule has 0 aromatic rings. The van der Waals surface area contributed by atoms with Gasteiger partial charge in [0.1, 0.15) is 6.08 Å². The molecule has 0 aliphatic rings. The largest absolute Gasteiger partial charge is 1.00 e. The van der Waals surface area contributed by atoms with Gasteiger partial charge in [0.2, 0.25) is 0 Å². The van der Waals surface area contributed by atoms with E-state index in [1.807, 2.05) is 0 Å². The predicted molar refractivity (Wildman–Crippen MR) is 32.8 cm³/mol. The molecule has 0 rings (SSSR count). The summed E-state index contributed by atoms with van der Waals surface area (Å²) >= 11 is 0. The number of halogens is 2. The zero-order chi connectivity index (χ0) is 8.53. The topological polar surface area (TPSA) is 27.7 Å². The van der Waals surface area contributed by atoms with Crippen molar-refractivity contribution in [3.05, 3.63) is 12.3 Å². The normalized spacial score (nSPS) is 8.58. The van der Waals surface area contributed by atoms with Gasteiger partial charge in [-0.05, 0) is 0 Å². The average molecular weight is 174 g/mol. The fourth-order valence-corrected chi connectivity index (χ4v) is 0.327. The van der Waals surface area contributed by atoms with Crippen molar-refractivity contribution in [3.63, 3.8) is 0 Å². The summed E-state index contributed by atoms with van der Waals surface area (Å²) in [7, 11) is 1.51. The first-order chi connectivity index (χ1) is 5.27. The van der Waals surface area contributed by atoms with E-state index in [1.54, 1.807) is 0 Å². The van der Waals surface area contributed by atoms with E-state index in [9.17, 15) is 8.78 Å². The van der Waals surface area contributed by atoms with Gasteiger partial charge in [-0.25, -0.2) is 15.0 Å². The van der Waals surface area contributed by atoms with Gasteiger partial charge in [-0.15, -0.1) is 0 Å². The monoisotopic (exact) mass is 174 g/mol. The summed E-state index contributed by atoms with van der Waals surface area (Å²) in [5, 5.41) is 0. The fourth-order valence-electron chi connectivity index (χ4n) is 0.327. The molecule has 0 fully saturated rings. The molecule has 0 spiro atoms. The minimum atomic E-state index is -2.00. The minimum Gasteiger partial charge on any atom is -0.670 e. The Balaban J connectivity index is 0. The van der Waals surface area contributed by atoms with Gasteiger partial charge < -0.3 is 14.2 Å². The van der Waals surface area contributed by atoms with Crippen molar-refractivity contribution in [2.24, 2.45) is 0 Å². The number of hydrogen-bond donors (Lipinski definition) is 0. The Morgan fingerprint density at radius 3 is 2.50 bits per heavy atom. The number of methoxy groups -OCH3 is 1. The van der Waals surface area contributed by atoms with Gasteiger partial charge in [0.05, 0.1) is 13.2 Å². The van der Waals surface area contributed by atoms with E-state index in [0.717, 1.165) is 0 Å². The van der Waals surface area contributed by atoms with E-state index in [1.165, 1.54) is 13.4 Å². The summed E-state index contributed by atoms with van der Waals surface area (Å²) in [6.07, 6.45) is -0.660. The molecule has 0 saturated carbocycles. The average Bonchev–Trinajstić information content (AvgIpc) is 1.96. The molecule has 0 unspecified atom stereocenters. The molecule has 0 bridgehead atoms. The van der Waals surface area contributed by atoms with E-state index in [-0.39, 0.29) is 25.7 Å². The summed E-state index contributed by atoms with van der Waals surface area (Å²) in [5.41, 5.74) is 0. The third-order valence-electron chi connectivity index (χ3n) is 0.723. The van der Waals surface area contributed by atoms with Crippen LogP contribution >= 0.6 is 0 Å². The van der Waals surface area contributed by atoms with Crippen LogP contribution in [0.25, 0.3) is 0 Å². The van der Waals surface area contributed by atoms with E-state index in [2.05, 4.69) is 14.2 Å². The quantitative estimate of drug-likeness (QED) is 0.156. The van der Waals surface area contributed by atoms with Crippen molar-refractivity contribution in [1.29, 1.82) is 0 Å². The first-order valence-corrected chi connectivity index (χ1v) is 2.90. The Bertz CT molecular complexity index is 117. The van der Waals surface area contributed by atoms with Crippen LogP contribution in [0.4, 0.5) is 8.78 Å². The molecule has 0 atom stereocenters. The molecular formula is C6H9F2LiO3. The molecule has 0 aliphatic heterocycles. The second-order valence-corrected chi connectivity index (χ2v) is 1.53. The van der Waals surface area contributed by atoms with Gasteiger partial charge in [-0.3, -0.25) is 0 Å². The number of rotatable bonds is 6. The van der Waals surface area contributed by atoms with Crippen LogP contribution in [0.1, 0.15) is 0 Å². The summed E-state index contributed by atoms with van der Waals surface area (Å²) in [6.45, 7) is 0.484. The van der Waals surface area contributed by atoms with Crippen molar-refractivity contribution < 1.29 is 41.9 Å². The fraction of sp³-hybridized carbons (Fsp3) is 0.667. The van der Waals surface area contributed by atoms with E-state index in [4.69, 9.17) is 0 Å². The molecule has 0 aromatic carbocycles. The van der Waals surface area contributed by atoms with Gasteiger partial charge in [-0.2, -0.15) is 0 Å². The van der Waals surface area contributed by atoms with Crippen LogP contribution in [0.2, 0.25) is 0 Å². The Labute approximate surface area is 81.8 Å². The van der Waals surface area contributed by atoms with Gasteiger partial charge in [0.15, 0.2) is 6.79 Å². The molecule has 6 heteroatoms. The van der Waals surface area contributed by atoms with Crippen molar-refractivity contribution >= 4 is 0 Å². The summed E-state index contributed by atoms with van der Waals surface area (Å²) in [5.74, 6) is 0. The van der Waals surface area contributed by atoms with E-state index < -0.39 is 6.08 Å². The van der Waals surface area contributed by atoms with Crippen LogP contribution in [-0.4, -0.2) is 27.1 Å². The van der Waals surface area contributed by atoms with Gasteiger partial charge in [0, 0.05) is 7.11 Å². The van der Waals surface area contributed by atoms with Crippen molar-refractivity contribution in [2.45, 2.75) is 0 Å². The third-order valence-corrected chi connectivity index (χ3v) is 0.723. The molecule has 66 valence electrons. The maximum absolute atomic E-state index is 11.2. The Morgan fingerprint density at radius 2 is 2.00 bits per heavy atom. The molecule has 0 saturated heterocycles. The van der Waals surface area contributed by atoms with E-state index >= 15 is 0 Å².